The molecule has 6 nitrogen and oxygen atoms in total. The molecule has 31 heavy (non-hydrogen) atoms. The van der Waals surface area contributed by atoms with E-state index in [1.54, 1.807) is 36.4 Å². The van der Waals surface area contributed by atoms with Gasteiger partial charge in [0.05, 0.1) is 0 Å². The van der Waals surface area contributed by atoms with Crippen LogP contribution < -0.4 is 5.69 Å². The minimum Gasteiger partial charge on any atom is -0.310 e. The average Bonchev–Trinajstić information content (AvgIpc) is 3.20. The van der Waals surface area contributed by atoms with E-state index in [0.717, 1.165) is 50.2 Å². The zero-order valence-corrected chi connectivity index (χ0v) is 17.7. The third-order valence-electron chi connectivity index (χ3n) is 5.99. The van der Waals surface area contributed by atoms with Gasteiger partial charge in [-0.15, -0.1) is 0 Å². The number of likely N-dealkylation sites (tertiary alicyclic amines) is 1. The second-order valence-electron chi connectivity index (χ2n) is 8.07. The number of benzene rings is 2. The van der Waals surface area contributed by atoms with Crippen LogP contribution in [-0.2, 0) is 13.0 Å². The molecule has 3 aromatic rings. The molecular weight excluding hydrogens is 390 g/mol. The standard InChI is InChI=1S/C25H27N3O3/c1-2-21-17-28(25(31)26-21)22-12-14-27(15-13-22)16-18-8-10-20(11-9-18)24(30)23(29)19-6-4-3-5-7-19/h3-11,17,22H,2,12-16H2,1H3,(H,26,31). The van der Waals surface area contributed by atoms with E-state index in [9.17, 15) is 14.4 Å². The van der Waals surface area contributed by atoms with E-state index < -0.39 is 11.6 Å². The van der Waals surface area contributed by atoms with Gasteiger partial charge < -0.3 is 4.98 Å². The second kappa shape index (κ2) is 9.27. The number of aromatic nitrogens is 2. The molecule has 0 unspecified atom stereocenters. The SMILES string of the molecule is CCc1cn(C2CCN(Cc3ccc(C(=O)C(=O)c4ccccc4)cc3)CC2)c(=O)[nH]1. The molecule has 1 aliphatic heterocycles. The predicted octanol–water partition coefficient (Wildman–Crippen LogP) is 3.64. The molecular formula is C25H27N3O3. The van der Waals surface area contributed by atoms with E-state index in [0.29, 0.717) is 11.1 Å². The zero-order valence-electron chi connectivity index (χ0n) is 17.7. The van der Waals surface area contributed by atoms with Crippen LogP contribution in [0.5, 0.6) is 0 Å². The topological polar surface area (TPSA) is 75.2 Å². The van der Waals surface area contributed by atoms with E-state index in [-0.39, 0.29) is 11.7 Å². The van der Waals surface area contributed by atoms with Gasteiger partial charge >= 0.3 is 5.69 Å². The predicted molar refractivity (Wildman–Crippen MR) is 120 cm³/mol. The Morgan fingerprint density at radius 2 is 1.55 bits per heavy atom. The van der Waals surface area contributed by atoms with E-state index in [1.807, 2.05) is 35.9 Å². The summed E-state index contributed by atoms with van der Waals surface area (Å²) in [6, 6.07) is 16.2. The van der Waals surface area contributed by atoms with Crippen LogP contribution in [0.2, 0.25) is 0 Å². The van der Waals surface area contributed by atoms with Crippen molar-refractivity contribution < 1.29 is 9.59 Å². The molecule has 0 radical (unpaired) electrons. The molecule has 1 aromatic heterocycles. The molecule has 4 rings (SSSR count). The van der Waals surface area contributed by atoms with Crippen LogP contribution >= 0.6 is 0 Å². The summed E-state index contributed by atoms with van der Waals surface area (Å²) in [5.74, 6) is -0.969. The van der Waals surface area contributed by atoms with Crippen molar-refractivity contribution in [3.05, 3.63) is 93.7 Å². The summed E-state index contributed by atoms with van der Waals surface area (Å²) in [5, 5.41) is 0. The molecule has 6 heteroatoms. The minimum atomic E-state index is -0.485. The summed E-state index contributed by atoms with van der Waals surface area (Å²) in [5.41, 5.74) is 2.89. The highest BCUT2D eigenvalue weighted by Crippen LogP contribution is 2.23. The first kappa shape index (κ1) is 21.0. The van der Waals surface area contributed by atoms with Crippen LogP contribution in [0.15, 0.2) is 65.6 Å². The first-order valence-electron chi connectivity index (χ1n) is 10.8. The van der Waals surface area contributed by atoms with Gasteiger partial charge in [0.25, 0.3) is 0 Å². The summed E-state index contributed by atoms with van der Waals surface area (Å²) in [6.07, 6.45) is 4.65. The number of Topliss-reactive ketones (excluding diaryl/α,β-unsaturated/α-hetero) is 2. The number of aromatic amines is 1. The second-order valence-corrected chi connectivity index (χ2v) is 8.07. The molecule has 0 aliphatic carbocycles. The lowest BCUT2D eigenvalue weighted by Crippen LogP contribution is -2.36. The van der Waals surface area contributed by atoms with Crippen molar-refractivity contribution in [2.24, 2.45) is 0 Å². The first-order valence-corrected chi connectivity index (χ1v) is 10.8. The average molecular weight is 418 g/mol. The number of ketones is 2. The van der Waals surface area contributed by atoms with Gasteiger partial charge in [-0.3, -0.25) is 19.1 Å². The normalized spacial score (nSPS) is 15.1. The smallest absolute Gasteiger partial charge is 0.310 e. The number of H-pyrrole nitrogens is 1. The Hall–Kier alpha value is -3.25. The lowest BCUT2D eigenvalue weighted by Gasteiger charge is -2.32. The number of piperidine rings is 1. The number of hydrogen-bond acceptors (Lipinski definition) is 4. The monoisotopic (exact) mass is 417 g/mol. The maximum Gasteiger partial charge on any atom is 0.325 e. The van der Waals surface area contributed by atoms with Crippen molar-refractivity contribution in [1.82, 2.24) is 14.5 Å². The highest BCUT2D eigenvalue weighted by atomic mass is 16.2. The molecule has 0 saturated carbocycles. The van der Waals surface area contributed by atoms with Gasteiger partial charge in [0, 0.05) is 48.7 Å². The first-order chi connectivity index (χ1) is 15.0. The molecule has 2 aromatic carbocycles. The Bertz CT molecular complexity index is 1100. The molecule has 0 bridgehead atoms. The Kier molecular flexibility index (Phi) is 6.28. The Morgan fingerprint density at radius 1 is 0.935 bits per heavy atom. The van der Waals surface area contributed by atoms with Crippen molar-refractivity contribution in [1.29, 1.82) is 0 Å². The Morgan fingerprint density at radius 3 is 2.13 bits per heavy atom. The maximum atomic E-state index is 12.5. The van der Waals surface area contributed by atoms with Crippen molar-refractivity contribution in [2.45, 2.75) is 38.8 Å². The Labute approximate surface area is 181 Å². The van der Waals surface area contributed by atoms with Crippen LogP contribution in [0.1, 0.15) is 57.8 Å². The van der Waals surface area contributed by atoms with Gasteiger partial charge in [-0.1, -0.05) is 61.5 Å². The summed E-state index contributed by atoms with van der Waals surface area (Å²) < 4.78 is 1.85. The third-order valence-corrected chi connectivity index (χ3v) is 5.99. The van der Waals surface area contributed by atoms with Crippen LogP contribution in [-0.4, -0.2) is 39.1 Å². The number of rotatable bonds is 7. The number of imidazole rings is 1. The fourth-order valence-electron chi connectivity index (χ4n) is 4.14. The quantitative estimate of drug-likeness (QED) is 0.470. The van der Waals surface area contributed by atoms with Gasteiger partial charge in [0.15, 0.2) is 0 Å². The van der Waals surface area contributed by atoms with E-state index in [1.165, 1.54) is 0 Å². The van der Waals surface area contributed by atoms with Gasteiger partial charge in [-0.05, 0) is 24.8 Å². The van der Waals surface area contributed by atoms with Crippen LogP contribution in [0.3, 0.4) is 0 Å². The van der Waals surface area contributed by atoms with Gasteiger partial charge in [-0.2, -0.15) is 0 Å². The summed E-state index contributed by atoms with van der Waals surface area (Å²) in [4.78, 5) is 42.3. The highest BCUT2D eigenvalue weighted by molar-refractivity contribution is 6.49. The number of hydrogen-bond donors (Lipinski definition) is 1. The van der Waals surface area contributed by atoms with E-state index in [4.69, 9.17) is 0 Å². The molecule has 1 saturated heterocycles. The van der Waals surface area contributed by atoms with Crippen LogP contribution in [0.4, 0.5) is 0 Å². The minimum absolute atomic E-state index is 0.0133. The molecule has 0 atom stereocenters. The van der Waals surface area contributed by atoms with Crippen LogP contribution in [0, 0.1) is 0 Å². The number of carbonyl (C=O) groups is 2. The fourth-order valence-corrected chi connectivity index (χ4v) is 4.14. The molecule has 0 amide bonds. The van der Waals surface area contributed by atoms with Crippen molar-refractivity contribution in [3.63, 3.8) is 0 Å². The molecule has 160 valence electrons. The Balaban J connectivity index is 1.33. The number of aryl methyl sites for hydroxylation is 1. The van der Waals surface area contributed by atoms with Gasteiger partial charge in [0.2, 0.25) is 11.6 Å². The molecule has 1 N–H and O–H groups in total. The molecule has 2 heterocycles. The zero-order chi connectivity index (χ0) is 21.8. The highest BCUT2D eigenvalue weighted by Gasteiger charge is 2.22. The van der Waals surface area contributed by atoms with Crippen molar-refractivity contribution in [2.75, 3.05) is 13.1 Å². The number of nitrogens with zero attached hydrogens (tertiary/aromatic N) is 2. The number of carbonyl (C=O) groups excluding carboxylic acids is 2. The van der Waals surface area contributed by atoms with Crippen molar-refractivity contribution in [3.8, 4) is 0 Å². The lowest BCUT2D eigenvalue weighted by atomic mass is 10.00. The molecule has 1 aliphatic rings. The largest absolute Gasteiger partial charge is 0.325 e. The fraction of sp³-hybridized carbons (Fsp3) is 0.320. The van der Waals surface area contributed by atoms with Crippen molar-refractivity contribution >= 4 is 11.6 Å². The number of nitrogens with one attached hydrogen (secondary N) is 1. The van der Waals surface area contributed by atoms with Gasteiger partial charge in [0.1, 0.15) is 0 Å². The van der Waals surface area contributed by atoms with E-state index in [2.05, 4.69) is 9.88 Å². The summed E-state index contributed by atoms with van der Waals surface area (Å²) in [6.45, 7) is 4.65. The van der Waals surface area contributed by atoms with E-state index >= 15 is 0 Å². The summed E-state index contributed by atoms with van der Waals surface area (Å²) >= 11 is 0. The van der Waals surface area contributed by atoms with Gasteiger partial charge in [-0.25, -0.2) is 4.79 Å². The maximum absolute atomic E-state index is 12.5. The van der Waals surface area contributed by atoms with Crippen LogP contribution in [0.25, 0.3) is 0 Å². The molecule has 0 spiro atoms. The molecule has 1 fully saturated rings. The third kappa shape index (κ3) is 4.75. The summed E-state index contributed by atoms with van der Waals surface area (Å²) in [7, 11) is 0. The lowest BCUT2D eigenvalue weighted by molar-refractivity contribution is 0.0817.